The molecule has 4 aromatic rings. The molecule has 1 N–H and O–H groups in total. The summed E-state index contributed by atoms with van der Waals surface area (Å²) in [4.78, 5) is 12.9. The molecule has 0 aliphatic rings. The molecule has 4 aromatic carbocycles. The normalized spacial score (nSPS) is 11.2. The number of rotatable bonds is 5. The second-order valence-electron chi connectivity index (χ2n) is 7.61. The number of hydrogen-bond donors (Lipinski definition) is 1. The van der Waals surface area contributed by atoms with Gasteiger partial charge in [-0.3, -0.25) is 4.79 Å². The van der Waals surface area contributed by atoms with Gasteiger partial charge in [0.25, 0.3) is 5.91 Å². The van der Waals surface area contributed by atoms with Gasteiger partial charge in [0.2, 0.25) is 0 Å². The third-order valence-corrected chi connectivity index (χ3v) is 5.39. The van der Waals surface area contributed by atoms with Crippen LogP contribution in [0.1, 0.15) is 22.3 Å². The van der Waals surface area contributed by atoms with Gasteiger partial charge in [0.05, 0.1) is 0 Å². The molecule has 0 fully saturated rings. The van der Waals surface area contributed by atoms with Crippen LogP contribution in [0.4, 0.5) is 10.1 Å². The molecule has 0 heterocycles. The molecule has 0 radical (unpaired) electrons. The number of carbonyl (C=O) groups excluding carboxylic acids is 1. The molecule has 0 atom stereocenters. The summed E-state index contributed by atoms with van der Waals surface area (Å²) < 4.78 is 13.7. The summed E-state index contributed by atoms with van der Waals surface area (Å²) in [5.41, 5.74) is 4.09. The first kappa shape index (κ1) is 21.0. The summed E-state index contributed by atoms with van der Waals surface area (Å²) in [6.07, 6.45) is 2.11. The standard InChI is InChI=1S/C28H21FN2O/c1-19-7-2-5-12-27(19)31-28(32)23(18-30)17-26-22(15-20-8-6-10-24(29)16-20)14-13-21-9-3-4-11-25(21)26/h2-14,16-17H,15H2,1H3,(H,31,32)/b23-17+. The number of aryl methyl sites for hydroxylation is 1. The summed E-state index contributed by atoms with van der Waals surface area (Å²) in [6.45, 7) is 1.90. The zero-order valence-corrected chi connectivity index (χ0v) is 17.6. The molecule has 0 aliphatic carbocycles. The van der Waals surface area contributed by atoms with Crippen molar-refractivity contribution in [2.45, 2.75) is 13.3 Å². The van der Waals surface area contributed by atoms with Crippen molar-refractivity contribution < 1.29 is 9.18 Å². The number of nitrogens with one attached hydrogen (secondary N) is 1. The van der Waals surface area contributed by atoms with Crippen molar-refractivity contribution in [3.05, 3.63) is 119 Å². The molecule has 0 bridgehead atoms. The molecule has 156 valence electrons. The lowest BCUT2D eigenvalue weighted by atomic mass is 9.93. The van der Waals surface area contributed by atoms with E-state index in [0.29, 0.717) is 12.1 Å². The van der Waals surface area contributed by atoms with Crippen molar-refractivity contribution in [1.29, 1.82) is 5.26 Å². The highest BCUT2D eigenvalue weighted by Gasteiger charge is 2.14. The minimum atomic E-state index is -0.466. The van der Waals surface area contributed by atoms with Gasteiger partial charge in [0, 0.05) is 5.69 Å². The van der Waals surface area contributed by atoms with Crippen LogP contribution in [0.15, 0.2) is 90.5 Å². The van der Waals surface area contributed by atoms with Crippen LogP contribution in [0.3, 0.4) is 0 Å². The Balaban J connectivity index is 1.78. The van der Waals surface area contributed by atoms with Crippen LogP contribution in [-0.2, 0) is 11.2 Å². The summed E-state index contributed by atoms with van der Waals surface area (Å²) in [6, 6.07) is 27.7. The Kier molecular flexibility index (Phi) is 6.10. The van der Waals surface area contributed by atoms with E-state index in [1.807, 2.05) is 73.7 Å². The van der Waals surface area contributed by atoms with E-state index in [1.165, 1.54) is 12.1 Å². The van der Waals surface area contributed by atoms with E-state index in [4.69, 9.17) is 0 Å². The first-order valence-corrected chi connectivity index (χ1v) is 10.3. The lowest BCUT2D eigenvalue weighted by molar-refractivity contribution is -0.112. The van der Waals surface area contributed by atoms with Crippen LogP contribution in [0, 0.1) is 24.1 Å². The number of para-hydroxylation sites is 1. The number of carbonyl (C=O) groups is 1. The van der Waals surface area contributed by atoms with Gasteiger partial charge in [-0.25, -0.2) is 4.39 Å². The lowest BCUT2D eigenvalue weighted by Crippen LogP contribution is -2.14. The minimum Gasteiger partial charge on any atom is -0.321 e. The molecule has 4 rings (SSSR count). The summed E-state index contributed by atoms with van der Waals surface area (Å²) in [7, 11) is 0. The van der Waals surface area contributed by atoms with Gasteiger partial charge in [-0.2, -0.15) is 5.26 Å². The molecule has 32 heavy (non-hydrogen) atoms. The average Bonchev–Trinajstić information content (AvgIpc) is 2.80. The molecule has 0 saturated carbocycles. The van der Waals surface area contributed by atoms with Crippen molar-refractivity contribution in [2.75, 3.05) is 5.32 Å². The molecular formula is C28H21FN2O. The zero-order valence-electron chi connectivity index (χ0n) is 17.6. The average molecular weight is 420 g/mol. The second kappa shape index (κ2) is 9.28. The molecule has 1 amide bonds. The maximum Gasteiger partial charge on any atom is 0.266 e. The molecule has 3 nitrogen and oxygen atoms in total. The smallest absolute Gasteiger partial charge is 0.266 e. The van der Waals surface area contributed by atoms with Gasteiger partial charge in [-0.15, -0.1) is 0 Å². The SMILES string of the molecule is Cc1ccccc1NC(=O)/C(C#N)=C/c1c(Cc2cccc(F)c2)ccc2ccccc12. The highest BCUT2D eigenvalue weighted by molar-refractivity contribution is 6.11. The highest BCUT2D eigenvalue weighted by atomic mass is 19.1. The molecule has 0 aromatic heterocycles. The Morgan fingerprint density at radius 3 is 2.56 bits per heavy atom. The Morgan fingerprint density at radius 2 is 1.78 bits per heavy atom. The predicted molar refractivity (Wildman–Crippen MR) is 127 cm³/mol. The maximum atomic E-state index is 13.7. The Bertz CT molecular complexity index is 1380. The number of hydrogen-bond acceptors (Lipinski definition) is 2. The molecule has 4 heteroatoms. The quantitative estimate of drug-likeness (QED) is 0.299. The van der Waals surface area contributed by atoms with Crippen molar-refractivity contribution in [2.24, 2.45) is 0 Å². The summed E-state index contributed by atoms with van der Waals surface area (Å²) >= 11 is 0. The Morgan fingerprint density at radius 1 is 1.00 bits per heavy atom. The van der Waals surface area contributed by atoms with E-state index in [2.05, 4.69) is 5.32 Å². The van der Waals surface area contributed by atoms with E-state index in [9.17, 15) is 14.4 Å². The monoisotopic (exact) mass is 420 g/mol. The van der Waals surface area contributed by atoms with Crippen LogP contribution < -0.4 is 5.32 Å². The summed E-state index contributed by atoms with van der Waals surface area (Å²) in [5, 5.41) is 14.5. The van der Waals surface area contributed by atoms with E-state index >= 15 is 0 Å². The predicted octanol–water partition coefficient (Wildman–Crippen LogP) is 6.42. The van der Waals surface area contributed by atoms with Gasteiger partial charge in [0.15, 0.2) is 0 Å². The highest BCUT2D eigenvalue weighted by Crippen LogP contribution is 2.27. The molecule has 0 aliphatic heterocycles. The topological polar surface area (TPSA) is 52.9 Å². The first-order valence-electron chi connectivity index (χ1n) is 10.3. The van der Waals surface area contributed by atoms with Gasteiger partial charge in [0.1, 0.15) is 17.5 Å². The van der Waals surface area contributed by atoms with Gasteiger partial charge in [-0.1, -0.05) is 66.7 Å². The van der Waals surface area contributed by atoms with Crippen molar-refractivity contribution >= 4 is 28.4 Å². The first-order chi connectivity index (χ1) is 15.5. The fourth-order valence-corrected chi connectivity index (χ4v) is 3.73. The third kappa shape index (κ3) is 4.58. The van der Waals surface area contributed by atoms with E-state index in [0.717, 1.165) is 33.0 Å². The number of benzene rings is 4. The van der Waals surface area contributed by atoms with Crippen molar-refractivity contribution in [3.63, 3.8) is 0 Å². The number of fused-ring (bicyclic) bond motifs is 1. The number of anilines is 1. The Hall–Kier alpha value is -4.23. The molecule has 0 unspecified atom stereocenters. The minimum absolute atomic E-state index is 0.00472. The third-order valence-electron chi connectivity index (χ3n) is 5.39. The van der Waals surface area contributed by atoms with Gasteiger partial charge >= 0.3 is 0 Å². The van der Waals surface area contributed by atoms with Crippen molar-refractivity contribution in [1.82, 2.24) is 0 Å². The second-order valence-corrected chi connectivity index (χ2v) is 7.61. The van der Waals surface area contributed by atoms with Crippen LogP contribution >= 0.6 is 0 Å². The largest absolute Gasteiger partial charge is 0.321 e. The maximum absolute atomic E-state index is 13.7. The zero-order chi connectivity index (χ0) is 22.5. The van der Waals surface area contributed by atoms with E-state index in [1.54, 1.807) is 18.2 Å². The van der Waals surface area contributed by atoms with Crippen LogP contribution in [0.5, 0.6) is 0 Å². The lowest BCUT2D eigenvalue weighted by Gasteiger charge is -2.12. The summed E-state index contributed by atoms with van der Waals surface area (Å²) in [5.74, 6) is -0.762. The van der Waals surface area contributed by atoms with Crippen LogP contribution in [0.25, 0.3) is 16.8 Å². The van der Waals surface area contributed by atoms with Gasteiger partial charge < -0.3 is 5.32 Å². The van der Waals surface area contributed by atoms with Crippen LogP contribution in [0.2, 0.25) is 0 Å². The number of amides is 1. The number of nitrogens with zero attached hydrogens (tertiary/aromatic N) is 1. The fourth-order valence-electron chi connectivity index (χ4n) is 3.73. The Labute approximate surface area is 186 Å². The van der Waals surface area contributed by atoms with Crippen molar-refractivity contribution in [3.8, 4) is 6.07 Å². The van der Waals surface area contributed by atoms with Gasteiger partial charge in [-0.05, 0) is 70.6 Å². The van der Waals surface area contributed by atoms with E-state index in [-0.39, 0.29) is 11.4 Å². The van der Waals surface area contributed by atoms with Crippen LogP contribution in [-0.4, -0.2) is 5.91 Å². The van der Waals surface area contributed by atoms with E-state index < -0.39 is 5.91 Å². The molecule has 0 spiro atoms. The number of nitriles is 1. The molecule has 0 saturated heterocycles. The molecular weight excluding hydrogens is 399 g/mol. The fraction of sp³-hybridized carbons (Fsp3) is 0.0714. The number of halogens is 1.